The fraction of sp³-hybridized carbons (Fsp3) is 0.308. The molecule has 0 aliphatic carbocycles. The lowest BCUT2D eigenvalue weighted by molar-refractivity contribution is -0.127. The Hall–Kier alpha value is -1.03. The van der Waals surface area contributed by atoms with Crippen LogP contribution in [0.2, 0.25) is 10.0 Å². The van der Waals surface area contributed by atoms with Gasteiger partial charge in [-0.2, -0.15) is 0 Å². The first kappa shape index (κ1) is 15.0. The number of nitrogens with zero attached hydrogens (tertiary/aromatic N) is 1. The molecule has 0 aliphatic heterocycles. The number of aliphatic hydroxyl groups is 1. The maximum Gasteiger partial charge on any atom is 0.246 e. The van der Waals surface area contributed by atoms with Crippen molar-refractivity contribution in [2.45, 2.75) is 13.0 Å². The predicted octanol–water partition coefficient (Wildman–Crippen LogP) is 2.85. The molecule has 5 heteroatoms. The summed E-state index contributed by atoms with van der Waals surface area (Å²) in [6.45, 7) is 1.69. The Morgan fingerprint density at radius 2 is 2.17 bits per heavy atom. The fourth-order valence-corrected chi connectivity index (χ4v) is 1.62. The smallest absolute Gasteiger partial charge is 0.246 e. The van der Waals surface area contributed by atoms with Crippen LogP contribution in [0.5, 0.6) is 0 Å². The molecule has 98 valence electrons. The molecular formula is C13H15Cl2NO2. The number of halogens is 2. The van der Waals surface area contributed by atoms with Crippen LogP contribution in [0.4, 0.5) is 0 Å². The number of aliphatic hydroxyl groups excluding tert-OH is 1. The minimum absolute atomic E-state index is 0.0754. The van der Waals surface area contributed by atoms with Gasteiger partial charge in [-0.15, -0.1) is 0 Å². The van der Waals surface area contributed by atoms with Crippen molar-refractivity contribution < 1.29 is 9.90 Å². The van der Waals surface area contributed by atoms with Crippen LogP contribution < -0.4 is 0 Å². The highest BCUT2D eigenvalue weighted by atomic mass is 35.5. The van der Waals surface area contributed by atoms with Gasteiger partial charge in [-0.1, -0.05) is 23.2 Å². The van der Waals surface area contributed by atoms with E-state index in [0.29, 0.717) is 15.6 Å². The van der Waals surface area contributed by atoms with Crippen LogP contribution in [-0.2, 0) is 4.79 Å². The minimum atomic E-state index is -0.225. The second-order valence-corrected chi connectivity index (χ2v) is 4.82. The summed E-state index contributed by atoms with van der Waals surface area (Å²) in [6, 6.07) is 4.82. The highest BCUT2D eigenvalue weighted by Crippen LogP contribution is 2.21. The predicted molar refractivity (Wildman–Crippen MR) is 74.8 cm³/mol. The van der Waals surface area contributed by atoms with Gasteiger partial charge in [-0.05, 0) is 36.8 Å². The van der Waals surface area contributed by atoms with Crippen LogP contribution >= 0.6 is 23.2 Å². The average molecular weight is 288 g/mol. The molecule has 0 saturated heterocycles. The summed E-state index contributed by atoms with van der Waals surface area (Å²) in [5.74, 6) is -0.201. The van der Waals surface area contributed by atoms with Crippen molar-refractivity contribution >= 4 is 35.2 Å². The third-order valence-electron chi connectivity index (χ3n) is 2.64. The lowest BCUT2D eigenvalue weighted by Gasteiger charge is -2.21. The molecule has 0 fully saturated rings. The molecular weight excluding hydrogens is 273 g/mol. The van der Waals surface area contributed by atoms with E-state index in [9.17, 15) is 4.79 Å². The topological polar surface area (TPSA) is 40.5 Å². The molecule has 0 bridgehead atoms. The van der Waals surface area contributed by atoms with Gasteiger partial charge < -0.3 is 10.0 Å². The van der Waals surface area contributed by atoms with Crippen LogP contribution in [-0.4, -0.2) is 35.6 Å². The third-order valence-corrected chi connectivity index (χ3v) is 3.22. The van der Waals surface area contributed by atoms with Crippen molar-refractivity contribution in [3.05, 3.63) is 39.9 Å². The van der Waals surface area contributed by atoms with E-state index < -0.39 is 0 Å². The van der Waals surface area contributed by atoms with Crippen molar-refractivity contribution in [2.24, 2.45) is 0 Å². The Bertz CT molecular complexity index is 460. The third kappa shape index (κ3) is 4.02. The van der Waals surface area contributed by atoms with E-state index in [-0.39, 0.29) is 18.6 Å². The largest absolute Gasteiger partial charge is 0.394 e. The Labute approximate surface area is 117 Å². The summed E-state index contributed by atoms with van der Waals surface area (Å²) in [5.41, 5.74) is 0.683. The van der Waals surface area contributed by atoms with E-state index in [1.807, 2.05) is 0 Å². The molecule has 3 nitrogen and oxygen atoms in total. The Morgan fingerprint density at radius 1 is 1.50 bits per heavy atom. The molecule has 0 aromatic heterocycles. The summed E-state index contributed by atoms with van der Waals surface area (Å²) in [4.78, 5) is 13.2. The Morgan fingerprint density at radius 3 is 2.78 bits per heavy atom. The van der Waals surface area contributed by atoms with Gasteiger partial charge in [-0.25, -0.2) is 0 Å². The van der Waals surface area contributed by atoms with E-state index in [0.717, 1.165) is 0 Å². The highest BCUT2D eigenvalue weighted by Gasteiger charge is 2.11. The number of amides is 1. The lowest BCUT2D eigenvalue weighted by atomic mass is 10.2. The minimum Gasteiger partial charge on any atom is -0.394 e. The van der Waals surface area contributed by atoms with Crippen LogP contribution in [0.15, 0.2) is 24.3 Å². The molecule has 1 aromatic carbocycles. The first-order valence-electron chi connectivity index (χ1n) is 5.46. The molecule has 18 heavy (non-hydrogen) atoms. The quantitative estimate of drug-likeness (QED) is 0.865. The van der Waals surface area contributed by atoms with Gasteiger partial charge in [-0.3, -0.25) is 4.79 Å². The van der Waals surface area contributed by atoms with Gasteiger partial charge in [0.1, 0.15) is 0 Å². The lowest BCUT2D eigenvalue weighted by Crippen LogP contribution is -2.36. The average Bonchev–Trinajstić information content (AvgIpc) is 2.37. The number of hydrogen-bond donors (Lipinski definition) is 1. The molecule has 1 unspecified atom stereocenters. The fourth-order valence-electron chi connectivity index (χ4n) is 1.26. The van der Waals surface area contributed by atoms with Gasteiger partial charge in [0.15, 0.2) is 0 Å². The Kier molecular flexibility index (Phi) is 5.66. The molecule has 0 heterocycles. The first-order chi connectivity index (χ1) is 8.45. The van der Waals surface area contributed by atoms with Crippen LogP contribution in [0.25, 0.3) is 6.08 Å². The maximum absolute atomic E-state index is 11.8. The van der Waals surface area contributed by atoms with E-state index in [1.54, 1.807) is 38.2 Å². The molecule has 0 radical (unpaired) electrons. The second-order valence-electron chi connectivity index (χ2n) is 3.98. The number of rotatable bonds is 4. The molecule has 0 saturated carbocycles. The summed E-state index contributed by atoms with van der Waals surface area (Å²) >= 11 is 11.8. The normalized spacial score (nSPS) is 12.7. The van der Waals surface area contributed by atoms with Crippen molar-refractivity contribution in [1.29, 1.82) is 0 Å². The second kappa shape index (κ2) is 6.78. The monoisotopic (exact) mass is 287 g/mol. The number of hydrogen-bond acceptors (Lipinski definition) is 2. The Balaban J connectivity index is 2.80. The number of carbonyl (C=O) groups is 1. The number of carbonyl (C=O) groups excluding carboxylic acids is 1. The first-order valence-corrected chi connectivity index (χ1v) is 6.22. The van der Waals surface area contributed by atoms with E-state index in [4.69, 9.17) is 28.3 Å². The van der Waals surface area contributed by atoms with Crippen LogP contribution in [0.1, 0.15) is 12.5 Å². The molecule has 0 spiro atoms. The molecule has 1 N–H and O–H groups in total. The summed E-state index contributed by atoms with van der Waals surface area (Å²) in [7, 11) is 1.63. The van der Waals surface area contributed by atoms with Gasteiger partial charge in [0, 0.05) is 23.2 Å². The van der Waals surface area contributed by atoms with E-state index in [1.165, 1.54) is 11.0 Å². The van der Waals surface area contributed by atoms with E-state index in [2.05, 4.69) is 0 Å². The van der Waals surface area contributed by atoms with Gasteiger partial charge in [0.2, 0.25) is 5.91 Å². The highest BCUT2D eigenvalue weighted by molar-refractivity contribution is 6.34. The van der Waals surface area contributed by atoms with Crippen molar-refractivity contribution in [2.75, 3.05) is 13.7 Å². The van der Waals surface area contributed by atoms with E-state index >= 15 is 0 Å². The molecule has 1 atom stereocenters. The standard InChI is InChI=1S/C13H15Cl2NO2/c1-9(8-17)16(2)13(18)6-3-10-7-11(14)4-5-12(10)15/h3-7,9,17H,8H2,1-2H3/b6-3+. The zero-order valence-electron chi connectivity index (χ0n) is 10.2. The molecule has 1 rings (SSSR count). The van der Waals surface area contributed by atoms with Crippen LogP contribution in [0.3, 0.4) is 0 Å². The zero-order chi connectivity index (χ0) is 13.7. The summed E-state index contributed by atoms with van der Waals surface area (Å²) in [5, 5.41) is 10.1. The zero-order valence-corrected chi connectivity index (χ0v) is 11.7. The van der Waals surface area contributed by atoms with Gasteiger partial charge >= 0.3 is 0 Å². The number of benzene rings is 1. The number of likely N-dealkylation sites (N-methyl/N-ethyl adjacent to an activating group) is 1. The van der Waals surface area contributed by atoms with Crippen LogP contribution in [0, 0.1) is 0 Å². The molecule has 0 aliphatic rings. The molecule has 1 amide bonds. The van der Waals surface area contributed by atoms with Crippen molar-refractivity contribution in [3.8, 4) is 0 Å². The van der Waals surface area contributed by atoms with Gasteiger partial charge in [0.25, 0.3) is 0 Å². The van der Waals surface area contributed by atoms with Crippen molar-refractivity contribution in [1.82, 2.24) is 4.90 Å². The SMILES string of the molecule is CC(CO)N(C)C(=O)/C=C/c1cc(Cl)ccc1Cl. The molecule has 1 aromatic rings. The van der Waals surface area contributed by atoms with Gasteiger partial charge in [0.05, 0.1) is 12.6 Å². The van der Waals surface area contributed by atoms with Crippen molar-refractivity contribution in [3.63, 3.8) is 0 Å². The maximum atomic E-state index is 11.8. The summed E-state index contributed by atoms with van der Waals surface area (Å²) in [6.07, 6.45) is 3.01. The summed E-state index contributed by atoms with van der Waals surface area (Å²) < 4.78 is 0.